The molecule has 0 amide bonds. The summed E-state index contributed by atoms with van der Waals surface area (Å²) in [6.45, 7) is 0. The normalized spacial score (nSPS) is 17.5. The summed E-state index contributed by atoms with van der Waals surface area (Å²) in [4.78, 5) is 2.51. The first-order valence-corrected chi connectivity index (χ1v) is 26.5. The van der Waals surface area contributed by atoms with Gasteiger partial charge in [-0.05, 0) is 129 Å². The Morgan fingerprint density at radius 3 is 1.87 bits per heavy atom. The van der Waals surface area contributed by atoms with Gasteiger partial charge in [-0.25, -0.2) is 0 Å². The van der Waals surface area contributed by atoms with Gasteiger partial charge in [-0.3, -0.25) is 0 Å². The molecule has 14 rings (SSSR count). The van der Waals surface area contributed by atoms with E-state index in [4.69, 9.17) is 0 Å². The Hall–Kier alpha value is -9.24. The van der Waals surface area contributed by atoms with Gasteiger partial charge in [0.25, 0.3) is 0 Å². The third-order valence-corrected chi connectivity index (χ3v) is 16.1. The molecule has 3 aliphatic rings. The maximum atomic E-state index is 2.51. The Morgan fingerprint density at radius 1 is 0.440 bits per heavy atom. The van der Waals surface area contributed by atoms with Crippen molar-refractivity contribution in [2.24, 2.45) is 0 Å². The van der Waals surface area contributed by atoms with Crippen LogP contribution in [0.5, 0.6) is 0 Å². The van der Waals surface area contributed by atoms with Crippen molar-refractivity contribution in [1.29, 1.82) is 0 Å². The van der Waals surface area contributed by atoms with Crippen molar-refractivity contribution in [3.05, 3.63) is 325 Å². The number of anilines is 3. The number of hydrogen-bond acceptors (Lipinski definition) is 1. The first-order valence-electron chi connectivity index (χ1n) is 26.5. The smallest absolute Gasteiger partial charge is 0.0710 e. The van der Waals surface area contributed by atoms with Crippen LogP contribution in [-0.2, 0) is 5.41 Å². The molecule has 3 unspecified atom stereocenters. The largest absolute Gasteiger partial charge is 0.310 e. The molecular weight excluding hydrogens is 905 g/mol. The van der Waals surface area contributed by atoms with Crippen molar-refractivity contribution >= 4 is 38.9 Å². The van der Waals surface area contributed by atoms with Crippen LogP contribution in [-0.4, -0.2) is 4.57 Å². The quantitative estimate of drug-likeness (QED) is 0.133. The molecule has 356 valence electrons. The van der Waals surface area contributed by atoms with Crippen LogP contribution in [0.2, 0.25) is 0 Å². The molecular formula is C73H54N2. The lowest BCUT2D eigenvalue weighted by atomic mass is 9.66. The van der Waals surface area contributed by atoms with E-state index in [1.165, 1.54) is 88.6 Å². The summed E-state index contributed by atoms with van der Waals surface area (Å²) in [7, 11) is 0. The second-order valence-electron chi connectivity index (χ2n) is 20.1. The third-order valence-electron chi connectivity index (χ3n) is 16.1. The topological polar surface area (TPSA) is 8.17 Å². The summed E-state index contributed by atoms with van der Waals surface area (Å²) in [6, 6.07) is 92.3. The first-order chi connectivity index (χ1) is 37.3. The zero-order valence-electron chi connectivity index (χ0n) is 41.7. The molecule has 0 saturated carbocycles. The number of allylic oxidation sites excluding steroid dienone is 8. The molecule has 11 aromatic rings. The Kier molecular flexibility index (Phi) is 11.1. The minimum Gasteiger partial charge on any atom is -0.310 e. The van der Waals surface area contributed by atoms with Crippen LogP contribution in [0.3, 0.4) is 0 Å². The van der Waals surface area contributed by atoms with Gasteiger partial charge in [0.2, 0.25) is 0 Å². The highest BCUT2D eigenvalue weighted by Crippen LogP contribution is 2.58. The predicted octanol–water partition coefficient (Wildman–Crippen LogP) is 19.2. The van der Waals surface area contributed by atoms with E-state index < -0.39 is 5.41 Å². The number of para-hydroxylation sites is 3. The number of benzene rings is 10. The van der Waals surface area contributed by atoms with Gasteiger partial charge in [0.1, 0.15) is 0 Å². The molecule has 3 aliphatic carbocycles. The van der Waals surface area contributed by atoms with Gasteiger partial charge >= 0.3 is 0 Å². The highest BCUT2D eigenvalue weighted by atomic mass is 15.1. The van der Waals surface area contributed by atoms with Gasteiger partial charge in [-0.1, -0.05) is 237 Å². The van der Waals surface area contributed by atoms with E-state index >= 15 is 0 Å². The highest BCUT2D eigenvalue weighted by Gasteiger charge is 2.47. The number of nitrogens with zero attached hydrogens (tertiary/aromatic N) is 2. The average Bonchev–Trinajstić information content (AvgIpc) is 4.04. The van der Waals surface area contributed by atoms with E-state index in [1.807, 2.05) is 0 Å². The second kappa shape index (κ2) is 18.7. The van der Waals surface area contributed by atoms with Gasteiger partial charge in [0, 0.05) is 45.2 Å². The Labute approximate surface area is 439 Å². The standard InChI is InChI=1S/C73H54N2/c1-5-24-51(25-6-1)58-32-13-14-33-60(58)61-34-15-16-35-62(61)64-37-18-21-41-69(64)74(56-46-44-52(45-47-56)59-39-23-43-71-72(59)65-38-19-22-42-70(65)75(71)55-30-11-4-12-31-55)57-48-49-68-66(50-57)63-36-17-20-40-67(63)73(68,53-26-7-2-8-27-53)54-28-9-3-10-29-54/h1-2,4-9,11-50,58,60H,3,10H2. The number of rotatable bonds is 10. The monoisotopic (exact) mass is 958 g/mol. The number of hydrogen-bond donors (Lipinski definition) is 0. The van der Waals surface area contributed by atoms with Crippen LogP contribution in [0.25, 0.3) is 60.9 Å². The lowest BCUT2D eigenvalue weighted by molar-refractivity contribution is 0.731. The molecule has 0 N–H and O–H groups in total. The minimum atomic E-state index is -0.451. The van der Waals surface area contributed by atoms with E-state index in [9.17, 15) is 0 Å². The molecule has 0 spiro atoms. The van der Waals surface area contributed by atoms with Crippen molar-refractivity contribution in [2.45, 2.75) is 30.1 Å². The predicted molar refractivity (Wildman–Crippen MR) is 315 cm³/mol. The fraction of sp³-hybridized carbons (Fsp3) is 0.0685. The van der Waals surface area contributed by atoms with Crippen LogP contribution in [0.1, 0.15) is 52.5 Å². The fourth-order valence-electron chi connectivity index (χ4n) is 12.9. The summed E-state index contributed by atoms with van der Waals surface area (Å²) < 4.78 is 2.40. The highest BCUT2D eigenvalue weighted by molar-refractivity contribution is 6.16. The minimum absolute atomic E-state index is 0.149. The molecule has 0 fully saturated rings. The lowest BCUT2D eigenvalue weighted by Gasteiger charge is -2.36. The SMILES string of the molecule is C1=CC(c2ccccc2)C(c2ccccc2-c2ccccc2N(c2ccc(-c3cccc4c3c3ccccc3n4-c3ccccc3)cc2)c2ccc3c(c2)-c2ccccc2C3(C2=CCCC=C2)c2ccccc2)C=C1. The van der Waals surface area contributed by atoms with E-state index in [-0.39, 0.29) is 11.8 Å². The van der Waals surface area contributed by atoms with Gasteiger partial charge < -0.3 is 9.47 Å². The molecule has 0 saturated heterocycles. The molecule has 2 nitrogen and oxygen atoms in total. The van der Waals surface area contributed by atoms with Gasteiger partial charge in [-0.2, -0.15) is 0 Å². The Balaban J connectivity index is 0.969. The lowest BCUT2D eigenvalue weighted by Crippen LogP contribution is -2.29. The molecule has 75 heavy (non-hydrogen) atoms. The van der Waals surface area contributed by atoms with Crippen molar-refractivity contribution in [3.63, 3.8) is 0 Å². The zero-order valence-corrected chi connectivity index (χ0v) is 41.7. The average molecular weight is 959 g/mol. The molecule has 1 heterocycles. The van der Waals surface area contributed by atoms with Crippen molar-refractivity contribution in [2.75, 3.05) is 4.90 Å². The Bertz CT molecular complexity index is 4060. The first kappa shape index (κ1) is 44.5. The summed E-state index contributed by atoms with van der Waals surface area (Å²) in [5.41, 5.74) is 21.7. The summed E-state index contributed by atoms with van der Waals surface area (Å²) in [5, 5.41) is 2.50. The number of aromatic nitrogens is 1. The summed E-state index contributed by atoms with van der Waals surface area (Å²) in [6.07, 6.45) is 18.5. The molecule has 0 bridgehead atoms. The fourth-order valence-corrected chi connectivity index (χ4v) is 12.9. The van der Waals surface area contributed by atoms with Crippen molar-refractivity contribution in [3.8, 4) is 39.1 Å². The molecule has 3 atom stereocenters. The molecule has 0 radical (unpaired) electrons. The molecule has 0 aliphatic heterocycles. The zero-order chi connectivity index (χ0) is 49.7. The summed E-state index contributed by atoms with van der Waals surface area (Å²) in [5.74, 6) is 0.353. The Morgan fingerprint density at radius 2 is 1.07 bits per heavy atom. The van der Waals surface area contributed by atoms with Gasteiger partial charge in [0.05, 0.1) is 22.1 Å². The van der Waals surface area contributed by atoms with Crippen LogP contribution >= 0.6 is 0 Å². The van der Waals surface area contributed by atoms with Crippen LogP contribution in [0, 0.1) is 0 Å². The second-order valence-corrected chi connectivity index (χ2v) is 20.1. The molecule has 10 aromatic carbocycles. The molecule has 2 heteroatoms. The van der Waals surface area contributed by atoms with Crippen molar-refractivity contribution in [1.82, 2.24) is 4.57 Å². The summed E-state index contributed by atoms with van der Waals surface area (Å²) >= 11 is 0. The van der Waals surface area contributed by atoms with E-state index in [2.05, 4.69) is 301 Å². The maximum Gasteiger partial charge on any atom is 0.0710 e. The van der Waals surface area contributed by atoms with Gasteiger partial charge in [-0.15, -0.1) is 0 Å². The third kappa shape index (κ3) is 7.31. The molecule has 1 aromatic heterocycles. The van der Waals surface area contributed by atoms with Gasteiger partial charge in [0.15, 0.2) is 0 Å². The van der Waals surface area contributed by atoms with E-state index in [1.54, 1.807) is 0 Å². The maximum absolute atomic E-state index is 2.51. The van der Waals surface area contributed by atoms with Crippen LogP contribution < -0.4 is 4.90 Å². The van der Waals surface area contributed by atoms with E-state index in [0.29, 0.717) is 0 Å². The van der Waals surface area contributed by atoms with Crippen LogP contribution in [0.15, 0.2) is 297 Å². The van der Waals surface area contributed by atoms with Crippen molar-refractivity contribution < 1.29 is 0 Å². The number of fused-ring (bicyclic) bond motifs is 6. The van der Waals surface area contributed by atoms with E-state index in [0.717, 1.165) is 35.6 Å². The van der Waals surface area contributed by atoms with Crippen LogP contribution in [0.4, 0.5) is 17.1 Å².